The fourth-order valence-corrected chi connectivity index (χ4v) is 4.35. The zero-order valence-corrected chi connectivity index (χ0v) is 15.1. The van der Waals surface area contributed by atoms with Gasteiger partial charge in [0.15, 0.2) is 0 Å². The van der Waals surface area contributed by atoms with Crippen LogP contribution in [0.2, 0.25) is 0 Å². The van der Waals surface area contributed by atoms with Crippen LogP contribution in [0.1, 0.15) is 37.0 Å². The van der Waals surface area contributed by atoms with Gasteiger partial charge >= 0.3 is 0 Å². The standard InChI is InChI=1S/C15H26N2O2S.ClH/c1-10(2)6-14(9-16)17-20(18,19)15-12(4)7-11(3)8-13(15)5;/h7-8,10,14,17H,6,9,16H2,1-5H3;1H. The van der Waals surface area contributed by atoms with Gasteiger partial charge in [-0.3, -0.25) is 0 Å². The lowest BCUT2D eigenvalue weighted by atomic mass is 10.1. The zero-order chi connectivity index (χ0) is 15.5. The molecule has 122 valence electrons. The molecule has 0 aliphatic heterocycles. The molecular weight excluding hydrogens is 308 g/mol. The van der Waals surface area contributed by atoms with Gasteiger partial charge in [-0.05, 0) is 44.2 Å². The fraction of sp³-hybridized carbons (Fsp3) is 0.600. The maximum Gasteiger partial charge on any atom is 0.241 e. The number of hydrogen-bond donors (Lipinski definition) is 2. The van der Waals surface area contributed by atoms with E-state index in [-0.39, 0.29) is 18.4 Å². The average molecular weight is 335 g/mol. The molecule has 0 saturated carbocycles. The van der Waals surface area contributed by atoms with Crippen LogP contribution in [0.25, 0.3) is 0 Å². The Morgan fingerprint density at radius 2 is 1.62 bits per heavy atom. The molecule has 1 atom stereocenters. The summed E-state index contributed by atoms with van der Waals surface area (Å²) in [6.07, 6.45) is 0.736. The maximum atomic E-state index is 12.6. The molecule has 0 aromatic heterocycles. The van der Waals surface area contributed by atoms with E-state index in [4.69, 9.17) is 5.73 Å². The Morgan fingerprint density at radius 3 is 2.00 bits per heavy atom. The minimum atomic E-state index is -3.53. The molecule has 0 heterocycles. The van der Waals surface area contributed by atoms with Gasteiger partial charge in [0.1, 0.15) is 0 Å². The van der Waals surface area contributed by atoms with Crippen LogP contribution in [0.5, 0.6) is 0 Å². The molecule has 1 aromatic carbocycles. The third kappa shape index (κ3) is 5.58. The van der Waals surface area contributed by atoms with E-state index < -0.39 is 10.0 Å². The summed E-state index contributed by atoms with van der Waals surface area (Å²) < 4.78 is 27.9. The molecule has 0 saturated heterocycles. The summed E-state index contributed by atoms with van der Waals surface area (Å²) in [4.78, 5) is 0.380. The Balaban J connectivity index is 0.00000400. The minimum Gasteiger partial charge on any atom is -0.329 e. The molecule has 1 aromatic rings. The van der Waals surface area contributed by atoms with E-state index >= 15 is 0 Å². The van der Waals surface area contributed by atoms with Crippen molar-refractivity contribution in [3.63, 3.8) is 0 Å². The van der Waals surface area contributed by atoms with Gasteiger partial charge in [0, 0.05) is 12.6 Å². The molecule has 0 aliphatic carbocycles. The highest BCUT2D eigenvalue weighted by molar-refractivity contribution is 7.89. The lowest BCUT2D eigenvalue weighted by Gasteiger charge is -2.20. The maximum absolute atomic E-state index is 12.6. The molecule has 0 radical (unpaired) electrons. The number of nitrogens with one attached hydrogen (secondary N) is 1. The van der Waals surface area contributed by atoms with Gasteiger partial charge < -0.3 is 5.73 Å². The predicted molar refractivity (Wildman–Crippen MR) is 90.5 cm³/mol. The molecule has 1 rings (SSSR count). The Labute approximate surface area is 135 Å². The highest BCUT2D eigenvalue weighted by Gasteiger charge is 2.23. The second kappa shape index (κ2) is 8.13. The third-order valence-corrected chi connectivity index (χ3v) is 5.06. The monoisotopic (exact) mass is 334 g/mol. The Kier molecular flexibility index (Phi) is 7.89. The van der Waals surface area contributed by atoms with Crippen molar-refractivity contribution in [2.75, 3.05) is 6.54 Å². The highest BCUT2D eigenvalue weighted by Crippen LogP contribution is 2.22. The van der Waals surface area contributed by atoms with Crippen molar-refractivity contribution in [2.45, 2.75) is 52.0 Å². The number of rotatable bonds is 6. The van der Waals surface area contributed by atoms with E-state index in [1.54, 1.807) is 0 Å². The first kappa shape index (κ1) is 20.4. The van der Waals surface area contributed by atoms with Crippen molar-refractivity contribution in [3.8, 4) is 0 Å². The van der Waals surface area contributed by atoms with Crippen molar-refractivity contribution in [1.82, 2.24) is 4.72 Å². The number of aryl methyl sites for hydroxylation is 3. The average Bonchev–Trinajstić information content (AvgIpc) is 2.24. The Bertz CT molecular complexity index is 548. The van der Waals surface area contributed by atoms with E-state index in [9.17, 15) is 8.42 Å². The topological polar surface area (TPSA) is 72.2 Å². The smallest absolute Gasteiger partial charge is 0.241 e. The second-order valence-corrected chi connectivity index (χ2v) is 7.56. The summed E-state index contributed by atoms with van der Waals surface area (Å²) in [5.74, 6) is 0.395. The first-order chi connectivity index (χ1) is 9.17. The zero-order valence-electron chi connectivity index (χ0n) is 13.4. The largest absolute Gasteiger partial charge is 0.329 e. The lowest BCUT2D eigenvalue weighted by molar-refractivity contribution is 0.465. The molecule has 3 N–H and O–H groups in total. The Morgan fingerprint density at radius 1 is 1.14 bits per heavy atom. The van der Waals surface area contributed by atoms with E-state index in [1.165, 1.54) is 0 Å². The van der Waals surface area contributed by atoms with Gasteiger partial charge in [0.25, 0.3) is 0 Å². The van der Waals surface area contributed by atoms with Gasteiger partial charge in [0.2, 0.25) is 10.0 Å². The minimum absolute atomic E-state index is 0. The predicted octanol–water partition coefficient (Wildman–Crippen LogP) is 2.69. The van der Waals surface area contributed by atoms with Crippen LogP contribution in [0.4, 0.5) is 0 Å². The summed E-state index contributed by atoms with van der Waals surface area (Å²) in [5.41, 5.74) is 8.29. The van der Waals surface area contributed by atoms with Gasteiger partial charge in [-0.15, -0.1) is 12.4 Å². The third-order valence-electron chi connectivity index (χ3n) is 3.24. The molecule has 4 nitrogen and oxygen atoms in total. The van der Waals surface area contributed by atoms with Gasteiger partial charge in [-0.2, -0.15) is 0 Å². The van der Waals surface area contributed by atoms with Gasteiger partial charge in [0.05, 0.1) is 4.90 Å². The van der Waals surface area contributed by atoms with Crippen molar-refractivity contribution >= 4 is 22.4 Å². The molecule has 21 heavy (non-hydrogen) atoms. The normalized spacial score (nSPS) is 13.1. The molecular formula is C15H27ClN2O2S. The van der Waals surface area contributed by atoms with Crippen LogP contribution in [0.3, 0.4) is 0 Å². The van der Waals surface area contributed by atoms with Crippen LogP contribution in [-0.4, -0.2) is 21.0 Å². The highest BCUT2D eigenvalue weighted by atomic mass is 35.5. The second-order valence-electron chi connectivity index (χ2n) is 5.91. The summed E-state index contributed by atoms with van der Waals surface area (Å²) in [6, 6.07) is 3.56. The van der Waals surface area contributed by atoms with Crippen LogP contribution in [0, 0.1) is 26.7 Å². The molecule has 0 bridgehead atoms. The van der Waals surface area contributed by atoms with Crippen LogP contribution >= 0.6 is 12.4 Å². The molecule has 0 aliphatic rings. The van der Waals surface area contributed by atoms with E-state index in [0.29, 0.717) is 17.4 Å². The Hall–Kier alpha value is -0.620. The summed E-state index contributed by atoms with van der Waals surface area (Å²) in [7, 11) is -3.53. The van der Waals surface area contributed by atoms with Crippen molar-refractivity contribution in [3.05, 3.63) is 28.8 Å². The lowest BCUT2D eigenvalue weighted by Crippen LogP contribution is -2.41. The number of nitrogens with two attached hydrogens (primary N) is 1. The molecule has 0 amide bonds. The molecule has 0 fully saturated rings. The van der Waals surface area contributed by atoms with E-state index in [1.807, 2.05) is 32.9 Å². The SMILES string of the molecule is Cc1cc(C)c(S(=O)(=O)NC(CN)CC(C)C)c(C)c1.Cl. The van der Waals surface area contributed by atoms with Crippen LogP contribution in [-0.2, 0) is 10.0 Å². The number of benzene rings is 1. The summed E-state index contributed by atoms with van der Waals surface area (Å²) in [5, 5.41) is 0. The summed E-state index contributed by atoms with van der Waals surface area (Å²) in [6.45, 7) is 10.0. The van der Waals surface area contributed by atoms with Crippen molar-refractivity contribution in [2.24, 2.45) is 11.7 Å². The van der Waals surface area contributed by atoms with Gasteiger partial charge in [-0.25, -0.2) is 13.1 Å². The van der Waals surface area contributed by atoms with Crippen LogP contribution in [0.15, 0.2) is 17.0 Å². The first-order valence-electron chi connectivity index (χ1n) is 6.97. The number of halogens is 1. The fourth-order valence-electron chi connectivity index (χ4n) is 2.63. The van der Waals surface area contributed by atoms with Crippen LogP contribution < -0.4 is 10.5 Å². The number of sulfonamides is 1. The van der Waals surface area contributed by atoms with Crippen molar-refractivity contribution in [1.29, 1.82) is 0 Å². The van der Waals surface area contributed by atoms with Crippen molar-refractivity contribution < 1.29 is 8.42 Å². The number of hydrogen-bond acceptors (Lipinski definition) is 3. The van der Waals surface area contributed by atoms with E-state index in [2.05, 4.69) is 18.6 Å². The van der Waals surface area contributed by atoms with Gasteiger partial charge in [-0.1, -0.05) is 31.5 Å². The van der Waals surface area contributed by atoms with E-state index in [0.717, 1.165) is 23.1 Å². The quantitative estimate of drug-likeness (QED) is 0.840. The molecule has 1 unspecified atom stereocenters. The first-order valence-corrected chi connectivity index (χ1v) is 8.46. The molecule has 6 heteroatoms. The summed E-state index contributed by atoms with van der Waals surface area (Å²) >= 11 is 0. The molecule has 0 spiro atoms.